The van der Waals surface area contributed by atoms with Gasteiger partial charge in [0.05, 0.1) is 4.92 Å². The second-order valence-electron chi connectivity index (χ2n) is 5.26. The molecule has 2 N–H and O–H groups in total. The Balaban J connectivity index is 2.48. The van der Waals surface area contributed by atoms with E-state index in [0.29, 0.717) is 13.1 Å². The number of rotatable bonds is 3. The third kappa shape index (κ3) is 2.48. The van der Waals surface area contributed by atoms with Crippen LogP contribution in [0.5, 0.6) is 0 Å². The Labute approximate surface area is 117 Å². The van der Waals surface area contributed by atoms with E-state index in [9.17, 15) is 18.5 Å². The molecule has 1 saturated heterocycles. The number of hydrogen-bond donors (Lipinski definition) is 1. The molecule has 0 aromatic heterocycles. The van der Waals surface area contributed by atoms with Crippen molar-refractivity contribution in [3.05, 3.63) is 28.3 Å². The second kappa shape index (κ2) is 5.02. The third-order valence-corrected chi connectivity index (χ3v) is 5.63. The van der Waals surface area contributed by atoms with Crippen molar-refractivity contribution >= 4 is 21.4 Å². The van der Waals surface area contributed by atoms with Crippen molar-refractivity contribution in [2.75, 3.05) is 18.8 Å². The predicted molar refractivity (Wildman–Crippen MR) is 74.6 cm³/mol. The van der Waals surface area contributed by atoms with E-state index < -0.39 is 20.6 Å². The number of nitrogen functional groups attached to an aromatic ring is 1. The minimum atomic E-state index is -3.86. The summed E-state index contributed by atoms with van der Waals surface area (Å²) >= 11 is 0. The van der Waals surface area contributed by atoms with Gasteiger partial charge in [0, 0.05) is 24.8 Å². The monoisotopic (exact) mass is 299 g/mol. The van der Waals surface area contributed by atoms with Crippen molar-refractivity contribution in [3.8, 4) is 0 Å². The van der Waals surface area contributed by atoms with Crippen molar-refractivity contribution in [3.63, 3.8) is 0 Å². The molecule has 7 nitrogen and oxygen atoms in total. The van der Waals surface area contributed by atoms with Gasteiger partial charge in [0.15, 0.2) is 4.90 Å². The summed E-state index contributed by atoms with van der Waals surface area (Å²) in [5.41, 5.74) is 5.18. The van der Waals surface area contributed by atoms with Crippen LogP contribution in [0.15, 0.2) is 23.1 Å². The Bertz CT molecular complexity index is 634. The molecule has 8 heteroatoms. The molecule has 0 saturated carbocycles. The van der Waals surface area contributed by atoms with Crippen molar-refractivity contribution in [1.82, 2.24) is 4.31 Å². The zero-order valence-corrected chi connectivity index (χ0v) is 12.1. The molecule has 0 bridgehead atoms. The number of nitro groups is 1. The number of nitrogens with zero attached hydrogens (tertiary/aromatic N) is 2. The number of hydrogen-bond acceptors (Lipinski definition) is 5. The molecule has 0 aliphatic carbocycles. The quantitative estimate of drug-likeness (QED) is 0.516. The lowest BCUT2D eigenvalue weighted by Gasteiger charge is -2.16. The van der Waals surface area contributed by atoms with Gasteiger partial charge < -0.3 is 5.73 Å². The highest BCUT2D eigenvalue weighted by atomic mass is 32.2. The molecular formula is C12H17N3O4S. The Morgan fingerprint density at radius 1 is 1.30 bits per heavy atom. The van der Waals surface area contributed by atoms with Crippen LogP contribution in [0.1, 0.15) is 13.8 Å². The van der Waals surface area contributed by atoms with Crippen LogP contribution in [0.3, 0.4) is 0 Å². The zero-order valence-electron chi connectivity index (χ0n) is 11.3. The molecule has 1 aromatic rings. The smallest absolute Gasteiger partial charge is 0.291 e. The summed E-state index contributed by atoms with van der Waals surface area (Å²) in [6, 6.07) is 3.65. The van der Waals surface area contributed by atoms with E-state index in [1.54, 1.807) is 0 Å². The molecule has 0 spiro atoms. The van der Waals surface area contributed by atoms with Gasteiger partial charge >= 0.3 is 0 Å². The summed E-state index contributed by atoms with van der Waals surface area (Å²) in [5, 5.41) is 11.0. The zero-order chi connectivity index (χ0) is 15.1. The fourth-order valence-electron chi connectivity index (χ4n) is 2.31. The Morgan fingerprint density at radius 2 is 1.85 bits per heavy atom. The summed E-state index contributed by atoms with van der Waals surface area (Å²) in [5.74, 6) is 0.468. The number of nitrogens with two attached hydrogens (primary N) is 1. The summed E-state index contributed by atoms with van der Waals surface area (Å²) in [7, 11) is -3.86. The highest BCUT2D eigenvalue weighted by molar-refractivity contribution is 7.89. The standard InChI is InChI=1S/C12H17N3O4S/c1-8-6-14(7-9(8)2)20(18,19)12-4-3-10(13)5-11(12)15(16)17/h3-5,8-9H,6-7,13H2,1-2H3. The number of anilines is 1. The first-order valence-corrected chi connectivity index (χ1v) is 7.71. The SMILES string of the molecule is CC1CN(S(=O)(=O)c2ccc(N)cc2[N+](=O)[O-])CC1C. The minimum Gasteiger partial charge on any atom is -0.399 e. The number of nitro benzene ring substituents is 1. The van der Waals surface area contributed by atoms with E-state index in [1.165, 1.54) is 16.4 Å². The first-order chi connectivity index (χ1) is 9.23. The van der Waals surface area contributed by atoms with Crippen molar-refractivity contribution in [1.29, 1.82) is 0 Å². The maximum atomic E-state index is 12.5. The van der Waals surface area contributed by atoms with Crippen LogP contribution in [-0.4, -0.2) is 30.7 Å². The van der Waals surface area contributed by atoms with Gasteiger partial charge in [0.25, 0.3) is 5.69 Å². The van der Waals surface area contributed by atoms with Gasteiger partial charge in [-0.1, -0.05) is 13.8 Å². The second-order valence-corrected chi connectivity index (χ2v) is 7.17. The van der Waals surface area contributed by atoms with E-state index in [2.05, 4.69) is 0 Å². The van der Waals surface area contributed by atoms with Gasteiger partial charge in [-0.25, -0.2) is 8.42 Å². The molecule has 1 aliphatic rings. The van der Waals surface area contributed by atoms with Gasteiger partial charge in [0.2, 0.25) is 10.0 Å². The molecule has 20 heavy (non-hydrogen) atoms. The Kier molecular flexibility index (Phi) is 3.70. The lowest BCUT2D eigenvalue weighted by atomic mass is 10.0. The summed E-state index contributed by atoms with van der Waals surface area (Å²) in [6.45, 7) is 4.70. The molecular weight excluding hydrogens is 282 g/mol. The summed E-state index contributed by atoms with van der Waals surface area (Å²) < 4.78 is 26.4. The molecule has 2 unspecified atom stereocenters. The lowest BCUT2D eigenvalue weighted by molar-refractivity contribution is -0.387. The van der Waals surface area contributed by atoms with Crippen LogP contribution in [-0.2, 0) is 10.0 Å². The van der Waals surface area contributed by atoms with E-state index >= 15 is 0 Å². The van der Waals surface area contributed by atoms with Crippen LogP contribution in [0.2, 0.25) is 0 Å². The largest absolute Gasteiger partial charge is 0.399 e. The first kappa shape index (κ1) is 14.7. The molecule has 1 aliphatic heterocycles. The molecule has 0 radical (unpaired) electrons. The van der Waals surface area contributed by atoms with Gasteiger partial charge in [-0.2, -0.15) is 4.31 Å². The van der Waals surface area contributed by atoms with E-state index in [-0.39, 0.29) is 22.4 Å². The van der Waals surface area contributed by atoms with E-state index in [4.69, 9.17) is 5.73 Å². The van der Waals surface area contributed by atoms with Crippen LogP contribution < -0.4 is 5.73 Å². The van der Waals surface area contributed by atoms with Crippen LogP contribution in [0, 0.1) is 22.0 Å². The molecule has 1 heterocycles. The highest BCUT2D eigenvalue weighted by Crippen LogP contribution is 2.33. The molecule has 110 valence electrons. The van der Waals surface area contributed by atoms with Crippen LogP contribution in [0.4, 0.5) is 11.4 Å². The van der Waals surface area contributed by atoms with Crippen LogP contribution >= 0.6 is 0 Å². The molecule has 1 aromatic carbocycles. The molecule has 2 rings (SSSR count). The molecule has 1 fully saturated rings. The maximum absolute atomic E-state index is 12.5. The number of benzene rings is 1. The minimum absolute atomic E-state index is 0.166. The fraction of sp³-hybridized carbons (Fsp3) is 0.500. The predicted octanol–water partition coefficient (Wildman–Crippen LogP) is 1.45. The van der Waals surface area contributed by atoms with Gasteiger partial charge in [-0.15, -0.1) is 0 Å². The van der Waals surface area contributed by atoms with Crippen LogP contribution in [0.25, 0.3) is 0 Å². The van der Waals surface area contributed by atoms with Crippen molar-refractivity contribution in [2.24, 2.45) is 11.8 Å². The summed E-state index contributed by atoms with van der Waals surface area (Å²) in [6.07, 6.45) is 0. The normalized spacial score (nSPS) is 23.9. The first-order valence-electron chi connectivity index (χ1n) is 6.27. The molecule has 2 atom stereocenters. The van der Waals surface area contributed by atoms with Crippen molar-refractivity contribution < 1.29 is 13.3 Å². The number of sulfonamides is 1. The average Bonchev–Trinajstić information content (AvgIpc) is 2.70. The van der Waals surface area contributed by atoms with E-state index in [1.807, 2.05) is 13.8 Å². The van der Waals surface area contributed by atoms with Crippen molar-refractivity contribution in [2.45, 2.75) is 18.7 Å². The Hall–Kier alpha value is -1.67. The highest BCUT2D eigenvalue weighted by Gasteiger charge is 2.38. The average molecular weight is 299 g/mol. The van der Waals surface area contributed by atoms with Gasteiger partial charge in [0.1, 0.15) is 0 Å². The van der Waals surface area contributed by atoms with E-state index in [0.717, 1.165) is 6.07 Å². The lowest BCUT2D eigenvalue weighted by Crippen LogP contribution is -2.29. The van der Waals surface area contributed by atoms with Gasteiger partial charge in [-0.3, -0.25) is 10.1 Å². The summed E-state index contributed by atoms with van der Waals surface area (Å²) in [4.78, 5) is 10.0. The maximum Gasteiger partial charge on any atom is 0.291 e. The Morgan fingerprint density at radius 3 is 2.35 bits per heavy atom. The fourth-order valence-corrected chi connectivity index (χ4v) is 4.09. The van der Waals surface area contributed by atoms with Gasteiger partial charge in [-0.05, 0) is 24.0 Å². The topological polar surface area (TPSA) is 107 Å². The molecule has 0 amide bonds. The third-order valence-electron chi connectivity index (χ3n) is 3.75.